The van der Waals surface area contributed by atoms with Crippen molar-refractivity contribution >= 4 is 5.91 Å². The number of pyridine rings is 1. The molecule has 29 heavy (non-hydrogen) atoms. The van der Waals surface area contributed by atoms with Crippen LogP contribution >= 0.6 is 0 Å². The standard InChI is InChI=1S/C23H21FN2O3/c1-16-7-8-18(11-20(16)24)29-22-9-10-25-12-19(22)21-14-28-15-23(27)26(21)13-17-5-3-2-4-6-17/h2-12,21H,13-15H2,1H3. The van der Waals surface area contributed by atoms with Crippen molar-refractivity contribution < 1.29 is 18.7 Å². The Hall–Kier alpha value is -3.25. The number of nitrogens with zero attached hydrogens (tertiary/aromatic N) is 2. The maximum Gasteiger partial charge on any atom is 0.249 e. The summed E-state index contributed by atoms with van der Waals surface area (Å²) < 4.78 is 25.4. The zero-order valence-corrected chi connectivity index (χ0v) is 16.0. The second-order valence-electron chi connectivity index (χ2n) is 6.96. The summed E-state index contributed by atoms with van der Waals surface area (Å²) in [6.45, 7) is 2.54. The highest BCUT2D eigenvalue weighted by atomic mass is 19.1. The molecule has 0 bridgehead atoms. The lowest BCUT2D eigenvalue weighted by molar-refractivity contribution is -0.149. The molecule has 4 rings (SSSR count). The molecule has 1 aliphatic rings. The van der Waals surface area contributed by atoms with Crippen molar-refractivity contribution in [2.24, 2.45) is 0 Å². The van der Waals surface area contributed by atoms with Crippen LogP contribution in [0.3, 0.4) is 0 Å². The first kappa shape index (κ1) is 19.1. The molecule has 1 atom stereocenters. The predicted octanol–water partition coefficient (Wildman–Crippen LogP) is 4.42. The Bertz CT molecular complexity index is 1010. The quantitative estimate of drug-likeness (QED) is 0.645. The van der Waals surface area contributed by atoms with Gasteiger partial charge >= 0.3 is 0 Å². The van der Waals surface area contributed by atoms with Crippen molar-refractivity contribution in [2.45, 2.75) is 19.5 Å². The van der Waals surface area contributed by atoms with Crippen LogP contribution in [0.5, 0.6) is 11.5 Å². The number of benzene rings is 2. The number of ether oxygens (including phenoxy) is 2. The Labute approximate surface area is 168 Å². The molecule has 1 aromatic heterocycles. The van der Waals surface area contributed by atoms with Crippen molar-refractivity contribution in [2.75, 3.05) is 13.2 Å². The largest absolute Gasteiger partial charge is 0.457 e. The first-order valence-corrected chi connectivity index (χ1v) is 9.41. The molecule has 0 saturated carbocycles. The van der Waals surface area contributed by atoms with Crippen LogP contribution < -0.4 is 4.74 Å². The summed E-state index contributed by atoms with van der Waals surface area (Å²) in [5.74, 6) is 0.476. The van der Waals surface area contributed by atoms with Gasteiger partial charge in [-0.25, -0.2) is 4.39 Å². The number of halogens is 1. The van der Waals surface area contributed by atoms with Gasteiger partial charge in [0.25, 0.3) is 0 Å². The van der Waals surface area contributed by atoms with Crippen LogP contribution in [0.2, 0.25) is 0 Å². The molecule has 1 unspecified atom stereocenters. The average Bonchev–Trinajstić information content (AvgIpc) is 2.74. The zero-order valence-electron chi connectivity index (χ0n) is 16.0. The van der Waals surface area contributed by atoms with Gasteiger partial charge in [0.1, 0.15) is 23.9 Å². The Morgan fingerprint density at radius 2 is 2.03 bits per heavy atom. The van der Waals surface area contributed by atoms with Gasteiger partial charge in [0.15, 0.2) is 0 Å². The SMILES string of the molecule is Cc1ccc(Oc2ccncc2C2COCC(=O)N2Cc2ccccc2)cc1F. The maximum atomic E-state index is 13.9. The molecule has 5 nitrogen and oxygen atoms in total. The fourth-order valence-corrected chi connectivity index (χ4v) is 3.34. The number of amides is 1. The van der Waals surface area contributed by atoms with Gasteiger partial charge in [-0.2, -0.15) is 0 Å². The molecule has 1 amide bonds. The molecule has 1 fully saturated rings. The summed E-state index contributed by atoms with van der Waals surface area (Å²) >= 11 is 0. The summed E-state index contributed by atoms with van der Waals surface area (Å²) in [7, 11) is 0. The van der Waals surface area contributed by atoms with E-state index in [1.807, 2.05) is 30.3 Å². The normalized spacial score (nSPS) is 16.7. The summed E-state index contributed by atoms with van der Waals surface area (Å²) in [6, 6.07) is 15.9. The minimum atomic E-state index is -0.351. The molecule has 1 saturated heterocycles. The van der Waals surface area contributed by atoms with E-state index in [0.29, 0.717) is 30.2 Å². The molecule has 0 spiro atoms. The van der Waals surface area contributed by atoms with Gasteiger partial charge < -0.3 is 14.4 Å². The smallest absolute Gasteiger partial charge is 0.249 e. The van der Waals surface area contributed by atoms with Crippen molar-refractivity contribution in [3.8, 4) is 11.5 Å². The van der Waals surface area contributed by atoms with E-state index < -0.39 is 0 Å². The minimum Gasteiger partial charge on any atom is -0.457 e. The van der Waals surface area contributed by atoms with Crippen molar-refractivity contribution in [1.82, 2.24) is 9.88 Å². The lowest BCUT2D eigenvalue weighted by Crippen LogP contribution is -2.43. The molecule has 0 aliphatic carbocycles. The third-order valence-electron chi connectivity index (χ3n) is 4.93. The van der Waals surface area contributed by atoms with E-state index in [4.69, 9.17) is 9.47 Å². The molecule has 3 aromatic rings. The number of aryl methyl sites for hydroxylation is 1. The monoisotopic (exact) mass is 392 g/mol. The average molecular weight is 392 g/mol. The van der Waals surface area contributed by atoms with Crippen molar-refractivity contribution in [3.63, 3.8) is 0 Å². The molecule has 148 valence electrons. The van der Waals surface area contributed by atoms with Gasteiger partial charge in [0, 0.05) is 30.6 Å². The molecule has 1 aliphatic heterocycles. The highest BCUT2D eigenvalue weighted by Crippen LogP contribution is 2.35. The lowest BCUT2D eigenvalue weighted by atomic mass is 10.0. The number of hydrogen-bond acceptors (Lipinski definition) is 4. The molecule has 2 aromatic carbocycles. The van der Waals surface area contributed by atoms with Gasteiger partial charge in [-0.05, 0) is 30.2 Å². The number of hydrogen-bond donors (Lipinski definition) is 0. The highest BCUT2D eigenvalue weighted by Gasteiger charge is 2.32. The summed E-state index contributed by atoms with van der Waals surface area (Å²) in [5.41, 5.74) is 2.30. The van der Waals surface area contributed by atoms with Crippen molar-refractivity contribution in [3.05, 3.63) is 89.5 Å². The van der Waals surface area contributed by atoms with Crippen LogP contribution in [0.1, 0.15) is 22.7 Å². The Balaban J connectivity index is 1.65. The molecule has 2 heterocycles. The van der Waals surface area contributed by atoms with E-state index in [9.17, 15) is 9.18 Å². The Morgan fingerprint density at radius 1 is 1.21 bits per heavy atom. The van der Waals surface area contributed by atoms with Gasteiger partial charge in [0.05, 0.1) is 12.6 Å². The highest BCUT2D eigenvalue weighted by molar-refractivity contribution is 5.78. The number of carbonyl (C=O) groups excluding carboxylic acids is 1. The molecule has 0 radical (unpaired) electrons. The summed E-state index contributed by atoms with van der Waals surface area (Å²) in [5, 5.41) is 0. The Morgan fingerprint density at radius 3 is 2.83 bits per heavy atom. The minimum absolute atomic E-state index is 0.0446. The maximum absolute atomic E-state index is 13.9. The van der Waals surface area contributed by atoms with Crippen LogP contribution in [0.4, 0.5) is 4.39 Å². The third-order valence-corrected chi connectivity index (χ3v) is 4.93. The van der Waals surface area contributed by atoms with Gasteiger partial charge in [-0.1, -0.05) is 36.4 Å². The fourth-order valence-electron chi connectivity index (χ4n) is 3.34. The first-order chi connectivity index (χ1) is 14.1. The fraction of sp³-hybridized carbons (Fsp3) is 0.217. The number of morpholine rings is 1. The molecular formula is C23H21FN2O3. The van der Waals surface area contributed by atoms with E-state index in [-0.39, 0.29) is 24.4 Å². The first-order valence-electron chi connectivity index (χ1n) is 9.41. The van der Waals surface area contributed by atoms with Crippen LogP contribution in [0, 0.1) is 12.7 Å². The van der Waals surface area contributed by atoms with E-state index in [0.717, 1.165) is 11.1 Å². The number of aromatic nitrogens is 1. The summed E-state index contributed by atoms with van der Waals surface area (Å²) in [6.07, 6.45) is 3.28. The van der Waals surface area contributed by atoms with Gasteiger partial charge in [-0.3, -0.25) is 9.78 Å². The van der Waals surface area contributed by atoms with E-state index in [1.165, 1.54) is 6.07 Å². The topological polar surface area (TPSA) is 51.7 Å². The second kappa shape index (κ2) is 8.41. The van der Waals surface area contributed by atoms with Crippen LogP contribution in [0.25, 0.3) is 0 Å². The Kier molecular flexibility index (Phi) is 5.53. The summed E-state index contributed by atoms with van der Waals surface area (Å²) in [4.78, 5) is 18.6. The molecule has 6 heteroatoms. The third kappa shape index (κ3) is 4.27. The van der Waals surface area contributed by atoms with E-state index in [2.05, 4.69) is 4.98 Å². The second-order valence-corrected chi connectivity index (χ2v) is 6.96. The van der Waals surface area contributed by atoms with Crippen LogP contribution in [0.15, 0.2) is 67.0 Å². The van der Waals surface area contributed by atoms with Gasteiger partial charge in [0.2, 0.25) is 5.91 Å². The van der Waals surface area contributed by atoms with Crippen molar-refractivity contribution in [1.29, 1.82) is 0 Å². The van der Waals surface area contributed by atoms with E-state index >= 15 is 0 Å². The van der Waals surface area contributed by atoms with E-state index in [1.54, 1.807) is 42.4 Å². The zero-order chi connectivity index (χ0) is 20.2. The number of carbonyl (C=O) groups is 1. The molecule has 0 N–H and O–H groups in total. The van der Waals surface area contributed by atoms with Gasteiger partial charge in [-0.15, -0.1) is 0 Å². The predicted molar refractivity (Wildman–Crippen MR) is 106 cm³/mol. The number of rotatable bonds is 5. The van der Waals surface area contributed by atoms with Crippen LogP contribution in [-0.4, -0.2) is 29.0 Å². The molecular weight excluding hydrogens is 371 g/mol. The van der Waals surface area contributed by atoms with Crippen LogP contribution in [-0.2, 0) is 16.1 Å². The lowest BCUT2D eigenvalue weighted by Gasteiger charge is -2.36.